The Bertz CT molecular complexity index is 818. The van der Waals surface area contributed by atoms with Gasteiger partial charge < -0.3 is 10.2 Å². The van der Waals surface area contributed by atoms with Crippen molar-refractivity contribution in [2.75, 3.05) is 13.1 Å². The van der Waals surface area contributed by atoms with Crippen molar-refractivity contribution >= 4 is 11.8 Å². The number of piperidine rings is 1. The van der Waals surface area contributed by atoms with E-state index in [-0.39, 0.29) is 29.1 Å². The van der Waals surface area contributed by atoms with Crippen LogP contribution in [-0.2, 0) is 0 Å². The molecule has 0 aliphatic carbocycles. The highest BCUT2D eigenvalue weighted by Crippen LogP contribution is 2.15. The number of nitrogens with zero attached hydrogens (tertiary/aromatic N) is 2. The van der Waals surface area contributed by atoms with Gasteiger partial charge in [0.25, 0.3) is 17.4 Å². The van der Waals surface area contributed by atoms with Crippen molar-refractivity contribution in [1.82, 2.24) is 20.4 Å². The highest BCUT2D eigenvalue weighted by molar-refractivity contribution is 5.94. The summed E-state index contributed by atoms with van der Waals surface area (Å²) in [5.74, 6) is -0.296. The molecule has 1 aliphatic rings. The van der Waals surface area contributed by atoms with Crippen LogP contribution in [0.1, 0.15) is 39.3 Å². The minimum Gasteiger partial charge on any atom is -0.348 e. The second-order valence-electron chi connectivity index (χ2n) is 6.22. The number of carbonyl (C=O) groups is 2. The Hall–Kier alpha value is -2.96. The van der Waals surface area contributed by atoms with E-state index in [0.717, 1.165) is 5.56 Å². The van der Waals surface area contributed by atoms with Crippen LogP contribution >= 0.6 is 0 Å². The monoisotopic (exact) mass is 340 g/mol. The number of likely N-dealkylation sites (tertiary alicyclic amines) is 1. The Labute approximate surface area is 145 Å². The summed E-state index contributed by atoms with van der Waals surface area (Å²) >= 11 is 0. The molecule has 1 aromatic heterocycles. The lowest BCUT2D eigenvalue weighted by atomic mass is 10.0. The van der Waals surface area contributed by atoms with Crippen LogP contribution in [0.2, 0.25) is 0 Å². The maximum atomic E-state index is 12.5. The van der Waals surface area contributed by atoms with Gasteiger partial charge in [0.15, 0.2) is 0 Å². The van der Waals surface area contributed by atoms with E-state index in [1.807, 2.05) is 36.1 Å². The molecule has 130 valence electrons. The van der Waals surface area contributed by atoms with Gasteiger partial charge in [0.05, 0.1) is 0 Å². The van der Waals surface area contributed by atoms with Crippen molar-refractivity contribution in [3.8, 4) is 0 Å². The van der Waals surface area contributed by atoms with Gasteiger partial charge in [-0.3, -0.25) is 14.4 Å². The summed E-state index contributed by atoms with van der Waals surface area (Å²) in [5.41, 5.74) is 1.58. The number of aryl methyl sites for hydroxylation is 1. The van der Waals surface area contributed by atoms with E-state index in [4.69, 9.17) is 0 Å². The number of aromatic amines is 1. The molecule has 7 heteroatoms. The summed E-state index contributed by atoms with van der Waals surface area (Å²) in [6.07, 6.45) is 1.37. The Kier molecular flexibility index (Phi) is 4.92. The predicted molar refractivity (Wildman–Crippen MR) is 92.4 cm³/mol. The van der Waals surface area contributed by atoms with Gasteiger partial charge in [-0.25, -0.2) is 5.10 Å². The molecule has 1 aromatic carbocycles. The molecule has 7 nitrogen and oxygen atoms in total. The van der Waals surface area contributed by atoms with Crippen molar-refractivity contribution in [3.63, 3.8) is 0 Å². The molecular weight excluding hydrogens is 320 g/mol. The number of nitrogens with one attached hydrogen (secondary N) is 2. The van der Waals surface area contributed by atoms with E-state index in [9.17, 15) is 14.4 Å². The van der Waals surface area contributed by atoms with Gasteiger partial charge in [-0.05, 0) is 38.0 Å². The summed E-state index contributed by atoms with van der Waals surface area (Å²) in [6, 6.07) is 10.2. The first-order valence-electron chi connectivity index (χ1n) is 8.25. The maximum Gasteiger partial charge on any atom is 0.271 e. The number of amides is 2. The fraction of sp³-hybridized carbons (Fsp3) is 0.333. The van der Waals surface area contributed by atoms with Crippen LogP contribution in [0.5, 0.6) is 0 Å². The van der Waals surface area contributed by atoms with Crippen LogP contribution < -0.4 is 10.9 Å². The third kappa shape index (κ3) is 4.12. The molecule has 1 saturated heterocycles. The van der Waals surface area contributed by atoms with E-state index in [1.54, 1.807) is 0 Å². The van der Waals surface area contributed by atoms with E-state index in [2.05, 4.69) is 15.5 Å². The molecule has 25 heavy (non-hydrogen) atoms. The fourth-order valence-electron chi connectivity index (χ4n) is 2.92. The van der Waals surface area contributed by atoms with Gasteiger partial charge in [-0.2, -0.15) is 5.10 Å². The molecule has 2 N–H and O–H groups in total. The second-order valence-corrected chi connectivity index (χ2v) is 6.22. The second kappa shape index (κ2) is 7.29. The average molecular weight is 340 g/mol. The first-order valence-corrected chi connectivity index (χ1v) is 8.25. The van der Waals surface area contributed by atoms with E-state index in [0.29, 0.717) is 31.5 Å². The Morgan fingerprint density at radius 1 is 1.20 bits per heavy atom. The quantitative estimate of drug-likeness (QED) is 0.875. The van der Waals surface area contributed by atoms with E-state index >= 15 is 0 Å². The van der Waals surface area contributed by atoms with E-state index < -0.39 is 0 Å². The summed E-state index contributed by atoms with van der Waals surface area (Å²) < 4.78 is 0. The van der Waals surface area contributed by atoms with Crippen LogP contribution in [0, 0.1) is 6.92 Å². The number of H-pyrrole nitrogens is 1. The number of hydrogen-bond acceptors (Lipinski definition) is 4. The van der Waals surface area contributed by atoms with Crippen LogP contribution in [0.4, 0.5) is 0 Å². The summed E-state index contributed by atoms with van der Waals surface area (Å²) in [4.78, 5) is 37.5. The third-order valence-electron chi connectivity index (χ3n) is 4.29. The highest BCUT2D eigenvalue weighted by atomic mass is 16.2. The standard InChI is InChI=1S/C18H20N4O3/c1-12-3-2-4-13(11-12)18(25)22-9-7-14(8-10-22)19-17(24)15-5-6-16(23)21-20-15/h2-6,11,14H,7-10H2,1H3,(H,19,24)(H,21,23). The molecule has 1 aliphatic heterocycles. The highest BCUT2D eigenvalue weighted by Gasteiger charge is 2.25. The molecule has 0 unspecified atom stereocenters. The lowest BCUT2D eigenvalue weighted by Gasteiger charge is -2.32. The van der Waals surface area contributed by atoms with Crippen LogP contribution in [-0.4, -0.2) is 46.0 Å². The van der Waals surface area contributed by atoms with Crippen LogP contribution in [0.25, 0.3) is 0 Å². The predicted octanol–water partition coefficient (Wildman–Crippen LogP) is 1.11. The summed E-state index contributed by atoms with van der Waals surface area (Å²) in [6.45, 7) is 3.15. The van der Waals surface area contributed by atoms with Crippen LogP contribution in [0.3, 0.4) is 0 Å². The molecule has 0 spiro atoms. The van der Waals surface area contributed by atoms with Crippen LogP contribution in [0.15, 0.2) is 41.2 Å². The minimum absolute atomic E-state index is 0.0113. The minimum atomic E-state index is -0.348. The molecule has 1 fully saturated rings. The van der Waals surface area contributed by atoms with Gasteiger partial charge >= 0.3 is 0 Å². The zero-order valence-corrected chi connectivity index (χ0v) is 14.0. The molecule has 0 radical (unpaired) electrons. The number of benzene rings is 1. The van der Waals surface area contributed by atoms with Crippen molar-refractivity contribution in [2.45, 2.75) is 25.8 Å². The van der Waals surface area contributed by atoms with Gasteiger partial charge in [0, 0.05) is 30.8 Å². The van der Waals surface area contributed by atoms with Crippen molar-refractivity contribution in [1.29, 1.82) is 0 Å². The number of aromatic nitrogens is 2. The molecule has 2 aromatic rings. The first-order chi connectivity index (χ1) is 12.0. The Balaban J connectivity index is 1.55. The normalized spacial score (nSPS) is 15.0. The average Bonchev–Trinajstić information content (AvgIpc) is 2.62. The molecule has 0 bridgehead atoms. The largest absolute Gasteiger partial charge is 0.348 e. The molecule has 2 amide bonds. The van der Waals surface area contributed by atoms with Crippen molar-refractivity contribution < 1.29 is 9.59 Å². The smallest absolute Gasteiger partial charge is 0.271 e. The zero-order chi connectivity index (χ0) is 17.8. The summed E-state index contributed by atoms with van der Waals surface area (Å²) in [7, 11) is 0. The van der Waals surface area contributed by atoms with Crippen molar-refractivity contribution in [2.24, 2.45) is 0 Å². The lowest BCUT2D eigenvalue weighted by molar-refractivity contribution is 0.0697. The SMILES string of the molecule is Cc1cccc(C(=O)N2CCC(NC(=O)c3ccc(=O)[nH]n3)CC2)c1. The van der Waals surface area contributed by atoms with Gasteiger partial charge in [0.2, 0.25) is 0 Å². The number of rotatable bonds is 3. The fourth-order valence-corrected chi connectivity index (χ4v) is 2.92. The molecule has 2 heterocycles. The maximum absolute atomic E-state index is 12.5. The Morgan fingerprint density at radius 2 is 1.96 bits per heavy atom. The lowest BCUT2D eigenvalue weighted by Crippen LogP contribution is -2.46. The molecule has 3 rings (SSSR count). The first kappa shape index (κ1) is 16.9. The topological polar surface area (TPSA) is 95.2 Å². The van der Waals surface area contributed by atoms with Gasteiger partial charge in [0.1, 0.15) is 5.69 Å². The molecule has 0 saturated carbocycles. The van der Waals surface area contributed by atoms with Gasteiger partial charge in [-0.15, -0.1) is 0 Å². The van der Waals surface area contributed by atoms with Gasteiger partial charge in [-0.1, -0.05) is 17.7 Å². The molecular formula is C18H20N4O3. The number of carbonyl (C=O) groups excluding carboxylic acids is 2. The Morgan fingerprint density at radius 3 is 2.60 bits per heavy atom. The van der Waals surface area contributed by atoms with Crippen molar-refractivity contribution in [3.05, 3.63) is 63.6 Å². The molecule has 0 atom stereocenters. The zero-order valence-electron chi connectivity index (χ0n) is 14.0. The third-order valence-corrected chi connectivity index (χ3v) is 4.29. The van der Waals surface area contributed by atoms with E-state index in [1.165, 1.54) is 12.1 Å². The summed E-state index contributed by atoms with van der Waals surface area (Å²) in [5, 5.41) is 8.87. The number of hydrogen-bond donors (Lipinski definition) is 2.